The van der Waals surface area contributed by atoms with Crippen LogP contribution in [0.1, 0.15) is 18.1 Å². The molecular weight excluding hydrogens is 340 g/mol. The second kappa shape index (κ2) is 7.35. The van der Waals surface area contributed by atoms with Gasteiger partial charge in [0.15, 0.2) is 6.10 Å². The molecule has 1 amide bonds. The maximum Gasteiger partial charge on any atom is 0.410 e. The molecule has 27 heavy (non-hydrogen) atoms. The van der Waals surface area contributed by atoms with E-state index in [2.05, 4.69) is 24.0 Å². The third-order valence-corrected chi connectivity index (χ3v) is 5.14. The lowest BCUT2D eigenvalue weighted by Gasteiger charge is -2.21. The van der Waals surface area contributed by atoms with Crippen LogP contribution in [-0.4, -0.2) is 41.3 Å². The van der Waals surface area contributed by atoms with Crippen molar-refractivity contribution < 1.29 is 14.3 Å². The van der Waals surface area contributed by atoms with Crippen molar-refractivity contribution in [2.24, 2.45) is 0 Å². The number of nitrogens with one attached hydrogen (secondary N) is 1. The number of carbonyl (C=O) groups is 1. The van der Waals surface area contributed by atoms with Crippen LogP contribution in [0.3, 0.4) is 0 Å². The largest absolute Gasteiger partial charge is 0.489 e. The van der Waals surface area contributed by atoms with Gasteiger partial charge in [0.2, 0.25) is 0 Å². The molecule has 3 aromatic rings. The fraction of sp³-hybridized carbons (Fsp3) is 0.318. The van der Waals surface area contributed by atoms with Crippen LogP contribution in [0.4, 0.5) is 4.79 Å². The molecule has 5 nitrogen and oxygen atoms in total. The van der Waals surface area contributed by atoms with Gasteiger partial charge in [0.25, 0.3) is 0 Å². The summed E-state index contributed by atoms with van der Waals surface area (Å²) in [6.45, 7) is 4.99. The van der Waals surface area contributed by atoms with Crippen molar-refractivity contribution in [2.75, 3.05) is 13.2 Å². The Morgan fingerprint density at radius 3 is 2.85 bits per heavy atom. The predicted octanol–water partition coefficient (Wildman–Crippen LogP) is 4.31. The van der Waals surface area contributed by atoms with Crippen LogP contribution in [-0.2, 0) is 11.2 Å². The minimum atomic E-state index is -0.263. The number of carbonyl (C=O) groups excluding carboxylic acids is 1. The fourth-order valence-electron chi connectivity index (χ4n) is 3.62. The molecular formula is C22H24N2O3. The van der Waals surface area contributed by atoms with Gasteiger partial charge in [0.05, 0.1) is 6.54 Å². The van der Waals surface area contributed by atoms with Gasteiger partial charge in [-0.25, -0.2) is 4.79 Å². The molecule has 1 saturated heterocycles. The molecule has 0 spiro atoms. The second-order valence-corrected chi connectivity index (χ2v) is 7.15. The summed E-state index contributed by atoms with van der Waals surface area (Å²) in [5.41, 5.74) is 3.41. The van der Waals surface area contributed by atoms with E-state index < -0.39 is 0 Å². The van der Waals surface area contributed by atoms with E-state index in [1.165, 1.54) is 10.9 Å². The molecule has 0 aliphatic carbocycles. The molecule has 1 aliphatic heterocycles. The first-order chi connectivity index (χ1) is 13.1. The predicted molar refractivity (Wildman–Crippen MR) is 105 cm³/mol. The number of para-hydroxylation sites is 2. The Bertz CT molecular complexity index is 949. The van der Waals surface area contributed by atoms with Crippen LogP contribution in [0.15, 0.2) is 54.7 Å². The van der Waals surface area contributed by atoms with Crippen LogP contribution in [0.25, 0.3) is 10.9 Å². The van der Waals surface area contributed by atoms with Crippen LogP contribution >= 0.6 is 0 Å². The molecule has 0 bridgehead atoms. The molecule has 0 saturated carbocycles. The average Bonchev–Trinajstić information content (AvgIpc) is 3.25. The van der Waals surface area contributed by atoms with Crippen molar-refractivity contribution in [1.29, 1.82) is 0 Å². The Balaban J connectivity index is 1.38. The quantitative estimate of drug-likeness (QED) is 0.709. The van der Waals surface area contributed by atoms with E-state index in [0.717, 1.165) is 23.3 Å². The van der Waals surface area contributed by atoms with E-state index in [1.54, 1.807) is 4.90 Å². The molecule has 0 radical (unpaired) electrons. The topological polar surface area (TPSA) is 54.6 Å². The van der Waals surface area contributed by atoms with Crippen molar-refractivity contribution >= 4 is 17.0 Å². The molecule has 2 atom stereocenters. The number of cyclic esters (lactones) is 1. The van der Waals surface area contributed by atoms with Crippen molar-refractivity contribution in [2.45, 2.75) is 32.4 Å². The zero-order valence-corrected chi connectivity index (χ0v) is 15.6. The van der Waals surface area contributed by atoms with Gasteiger partial charge in [-0.3, -0.25) is 0 Å². The van der Waals surface area contributed by atoms with E-state index in [-0.39, 0.29) is 18.2 Å². The lowest BCUT2D eigenvalue weighted by molar-refractivity contribution is 0.101. The van der Waals surface area contributed by atoms with Crippen molar-refractivity contribution in [1.82, 2.24) is 9.88 Å². The van der Waals surface area contributed by atoms with Crippen molar-refractivity contribution in [3.8, 4) is 5.75 Å². The van der Waals surface area contributed by atoms with Crippen molar-refractivity contribution in [3.05, 3.63) is 65.9 Å². The lowest BCUT2D eigenvalue weighted by Crippen LogP contribution is -2.36. The Morgan fingerprint density at radius 1 is 1.22 bits per heavy atom. The van der Waals surface area contributed by atoms with Crippen molar-refractivity contribution in [3.63, 3.8) is 0 Å². The van der Waals surface area contributed by atoms with Gasteiger partial charge in [0, 0.05) is 23.1 Å². The number of aryl methyl sites for hydroxylation is 1. The molecule has 140 valence electrons. The molecule has 1 N–H and O–H groups in total. The number of hydrogen-bond donors (Lipinski definition) is 1. The first kappa shape index (κ1) is 17.5. The number of H-pyrrole nitrogens is 1. The van der Waals surface area contributed by atoms with Gasteiger partial charge < -0.3 is 19.4 Å². The molecule has 1 aromatic heterocycles. The zero-order valence-electron chi connectivity index (χ0n) is 15.6. The summed E-state index contributed by atoms with van der Waals surface area (Å²) < 4.78 is 11.4. The van der Waals surface area contributed by atoms with E-state index in [0.29, 0.717) is 13.2 Å². The standard InChI is InChI=1S/C22H24N2O3/c1-15-7-3-6-10-21(15)26-14-18-13-24(22(25)27-18)16(2)11-17-12-23-20-9-5-4-8-19(17)20/h3-10,12,16,18,23H,11,13-14H2,1-2H3/t16-,18-/m0/s1. The highest BCUT2D eigenvalue weighted by Gasteiger charge is 2.35. The second-order valence-electron chi connectivity index (χ2n) is 7.15. The van der Waals surface area contributed by atoms with E-state index in [4.69, 9.17) is 9.47 Å². The number of hydrogen-bond acceptors (Lipinski definition) is 3. The van der Waals surface area contributed by atoms with E-state index in [1.807, 2.05) is 49.5 Å². The Kier molecular flexibility index (Phi) is 4.75. The smallest absolute Gasteiger partial charge is 0.410 e. The Hall–Kier alpha value is -2.95. The number of benzene rings is 2. The van der Waals surface area contributed by atoms with Crippen LogP contribution in [0.5, 0.6) is 5.75 Å². The fourth-order valence-corrected chi connectivity index (χ4v) is 3.62. The SMILES string of the molecule is Cc1ccccc1OC[C@@H]1CN([C@@H](C)Cc2c[nH]c3ccccc23)C(=O)O1. The van der Waals surface area contributed by atoms with Gasteiger partial charge in [0.1, 0.15) is 12.4 Å². The van der Waals surface area contributed by atoms with Gasteiger partial charge in [-0.05, 0) is 43.5 Å². The number of nitrogens with zero attached hydrogens (tertiary/aromatic N) is 1. The van der Waals surface area contributed by atoms with Gasteiger partial charge in [-0.1, -0.05) is 36.4 Å². The summed E-state index contributed by atoms with van der Waals surface area (Å²) in [4.78, 5) is 17.4. The zero-order chi connectivity index (χ0) is 18.8. The first-order valence-corrected chi connectivity index (χ1v) is 9.32. The average molecular weight is 364 g/mol. The summed E-state index contributed by atoms with van der Waals surface area (Å²) in [6, 6.07) is 16.1. The molecule has 4 rings (SSSR count). The van der Waals surface area contributed by atoms with Gasteiger partial charge in [-0.15, -0.1) is 0 Å². The number of fused-ring (bicyclic) bond motifs is 1. The molecule has 2 aromatic carbocycles. The highest BCUT2D eigenvalue weighted by atomic mass is 16.6. The highest BCUT2D eigenvalue weighted by molar-refractivity contribution is 5.83. The Labute approximate surface area is 158 Å². The van der Waals surface area contributed by atoms with Gasteiger partial charge >= 0.3 is 6.09 Å². The summed E-state index contributed by atoms with van der Waals surface area (Å²) in [7, 11) is 0. The summed E-state index contributed by atoms with van der Waals surface area (Å²) in [6.07, 6.45) is 2.30. The number of aromatic amines is 1. The van der Waals surface area contributed by atoms with Crippen LogP contribution < -0.4 is 4.74 Å². The Morgan fingerprint density at radius 2 is 2.00 bits per heavy atom. The maximum absolute atomic E-state index is 12.3. The highest BCUT2D eigenvalue weighted by Crippen LogP contribution is 2.24. The number of amides is 1. The minimum Gasteiger partial charge on any atom is -0.489 e. The summed E-state index contributed by atoms with van der Waals surface area (Å²) >= 11 is 0. The van der Waals surface area contributed by atoms with E-state index in [9.17, 15) is 4.79 Å². The molecule has 1 fully saturated rings. The molecule has 5 heteroatoms. The number of rotatable bonds is 6. The summed E-state index contributed by atoms with van der Waals surface area (Å²) in [5, 5.41) is 1.20. The number of ether oxygens (including phenoxy) is 2. The molecule has 0 unspecified atom stereocenters. The number of aromatic nitrogens is 1. The normalized spacial score (nSPS) is 17.9. The lowest BCUT2D eigenvalue weighted by atomic mass is 10.1. The van der Waals surface area contributed by atoms with Crippen LogP contribution in [0.2, 0.25) is 0 Å². The molecule has 2 heterocycles. The third kappa shape index (κ3) is 3.63. The first-order valence-electron chi connectivity index (χ1n) is 9.32. The third-order valence-electron chi connectivity index (χ3n) is 5.14. The monoisotopic (exact) mass is 364 g/mol. The maximum atomic E-state index is 12.3. The molecule has 1 aliphatic rings. The minimum absolute atomic E-state index is 0.0557. The summed E-state index contributed by atoms with van der Waals surface area (Å²) in [5.74, 6) is 0.832. The van der Waals surface area contributed by atoms with Crippen LogP contribution in [0, 0.1) is 6.92 Å². The van der Waals surface area contributed by atoms with E-state index >= 15 is 0 Å². The van der Waals surface area contributed by atoms with Gasteiger partial charge in [-0.2, -0.15) is 0 Å².